The van der Waals surface area contributed by atoms with E-state index in [1.54, 1.807) is 0 Å². The number of nitrogens with one attached hydrogen (secondary N) is 3. The van der Waals surface area contributed by atoms with E-state index in [9.17, 15) is 10.1 Å². The van der Waals surface area contributed by atoms with Gasteiger partial charge in [-0.15, -0.1) is 11.3 Å². The summed E-state index contributed by atoms with van der Waals surface area (Å²) >= 11 is 1.41. The van der Waals surface area contributed by atoms with Crippen LogP contribution < -0.4 is 26.2 Å². The SMILES string of the molecule is CN1CCC(N2CCN(c3cc(N4CCNCC4)cc(C(=N)NC(=O)C4(C)CCCc5sc(N)c(C#N)c54)n3)CC2)CC1. The number of amides is 1. The van der Waals surface area contributed by atoms with Crippen LogP contribution in [-0.2, 0) is 16.6 Å². The molecular weight excluding hydrogens is 560 g/mol. The van der Waals surface area contributed by atoms with Crippen LogP contribution in [0.2, 0.25) is 0 Å². The molecule has 3 aliphatic heterocycles. The molecule has 2 aromatic heterocycles. The second-order valence-corrected chi connectivity index (χ2v) is 13.8. The number of nitrogens with zero attached hydrogens (tertiary/aromatic N) is 6. The summed E-state index contributed by atoms with van der Waals surface area (Å²) in [6, 6.07) is 6.97. The number of hydrogen-bond acceptors (Lipinski definition) is 11. The van der Waals surface area contributed by atoms with Crippen molar-refractivity contribution >= 4 is 39.6 Å². The van der Waals surface area contributed by atoms with E-state index in [4.69, 9.17) is 16.1 Å². The Morgan fingerprint density at radius 2 is 1.86 bits per heavy atom. The van der Waals surface area contributed by atoms with Crippen LogP contribution in [0.25, 0.3) is 0 Å². The number of rotatable bonds is 5. The molecule has 0 aromatic carbocycles. The minimum Gasteiger partial charge on any atom is -0.389 e. The molecule has 1 aliphatic carbocycles. The molecule has 3 saturated heterocycles. The van der Waals surface area contributed by atoms with Gasteiger partial charge in [0.2, 0.25) is 5.91 Å². The number of piperazine rings is 2. The summed E-state index contributed by atoms with van der Waals surface area (Å²) in [6.45, 7) is 11.6. The monoisotopic (exact) mass is 604 g/mol. The number of likely N-dealkylation sites (tertiary alicyclic amines) is 1. The van der Waals surface area contributed by atoms with Crippen molar-refractivity contribution in [3.05, 3.63) is 33.8 Å². The molecule has 3 fully saturated rings. The third-order valence-corrected chi connectivity index (χ3v) is 10.9. The number of thiophene rings is 1. The van der Waals surface area contributed by atoms with E-state index in [0.29, 0.717) is 28.7 Å². The Labute approximate surface area is 258 Å². The van der Waals surface area contributed by atoms with Crippen LogP contribution >= 0.6 is 11.3 Å². The van der Waals surface area contributed by atoms with Gasteiger partial charge in [-0.1, -0.05) is 0 Å². The van der Waals surface area contributed by atoms with Crippen molar-refractivity contribution in [2.75, 3.05) is 88.0 Å². The number of amidine groups is 1. The van der Waals surface area contributed by atoms with Crippen LogP contribution in [0, 0.1) is 16.7 Å². The maximum absolute atomic E-state index is 13.9. The van der Waals surface area contributed by atoms with Crippen LogP contribution in [0.4, 0.5) is 16.5 Å². The summed E-state index contributed by atoms with van der Waals surface area (Å²) in [5.74, 6) is 0.565. The number of pyridine rings is 1. The first kappa shape index (κ1) is 29.8. The number of carbonyl (C=O) groups is 1. The second kappa shape index (κ2) is 12.4. The topological polar surface area (TPSA) is 141 Å². The first-order valence-corrected chi connectivity index (χ1v) is 16.5. The number of nitrogen functional groups attached to an aromatic ring is 1. The first-order valence-electron chi connectivity index (χ1n) is 15.6. The van der Waals surface area contributed by atoms with Gasteiger partial charge >= 0.3 is 0 Å². The molecule has 0 radical (unpaired) electrons. The van der Waals surface area contributed by atoms with E-state index in [1.165, 1.54) is 24.2 Å². The predicted octanol–water partition coefficient (Wildman–Crippen LogP) is 1.96. The molecule has 12 heteroatoms. The summed E-state index contributed by atoms with van der Waals surface area (Å²) < 4.78 is 0. The van der Waals surface area contributed by atoms with E-state index in [-0.39, 0.29) is 11.7 Å². The Bertz CT molecular complexity index is 1400. The maximum Gasteiger partial charge on any atom is 0.236 e. The zero-order chi connectivity index (χ0) is 30.1. The Balaban J connectivity index is 1.22. The lowest BCUT2D eigenvalue weighted by molar-refractivity contribution is -0.125. The van der Waals surface area contributed by atoms with E-state index in [1.807, 2.05) is 13.0 Å². The number of carbonyl (C=O) groups excluding carboxylic acids is 1. The summed E-state index contributed by atoms with van der Waals surface area (Å²) in [7, 11) is 2.21. The Hall–Kier alpha value is -3.24. The van der Waals surface area contributed by atoms with Gasteiger partial charge in [-0.25, -0.2) is 4.98 Å². The Morgan fingerprint density at radius 1 is 1.14 bits per heavy atom. The number of nitriles is 1. The molecule has 0 spiro atoms. The minimum absolute atomic E-state index is 0.0109. The predicted molar refractivity (Wildman–Crippen MR) is 172 cm³/mol. The standard InChI is InChI=1S/C31H44N10OS/c1-31(7-3-4-25-27(31)23(20-32)29(34)43-25)30(42)37-28(33)24-18-22(39-12-8-35-9-13-39)19-26(36-24)41-16-14-40(15-17-41)21-5-10-38(2)11-6-21/h18-19,21,35H,3-17,34H2,1-2H3,(H2,33,37,42). The van der Waals surface area contributed by atoms with Crippen molar-refractivity contribution in [2.24, 2.45) is 0 Å². The lowest BCUT2D eigenvalue weighted by Crippen LogP contribution is -2.53. The Kier molecular flexibility index (Phi) is 8.60. The lowest BCUT2D eigenvalue weighted by Gasteiger charge is -2.42. The Morgan fingerprint density at radius 3 is 2.56 bits per heavy atom. The molecule has 0 bridgehead atoms. The third kappa shape index (κ3) is 5.96. The van der Waals surface area contributed by atoms with Crippen LogP contribution in [0.15, 0.2) is 12.1 Å². The molecule has 1 atom stereocenters. The fourth-order valence-corrected chi connectivity index (χ4v) is 8.40. The molecule has 1 amide bonds. The fourth-order valence-electron chi connectivity index (χ4n) is 7.21. The van der Waals surface area contributed by atoms with Crippen LogP contribution in [0.1, 0.15) is 54.3 Å². The highest BCUT2D eigenvalue weighted by molar-refractivity contribution is 7.16. The number of anilines is 3. The van der Waals surface area contributed by atoms with Gasteiger partial charge < -0.3 is 31.1 Å². The van der Waals surface area contributed by atoms with Gasteiger partial charge in [-0.05, 0) is 65.2 Å². The molecule has 1 unspecified atom stereocenters. The average Bonchev–Trinajstić information content (AvgIpc) is 3.38. The largest absolute Gasteiger partial charge is 0.389 e. The molecule has 6 rings (SSSR count). The maximum atomic E-state index is 13.9. The molecule has 5 N–H and O–H groups in total. The van der Waals surface area contributed by atoms with Gasteiger partial charge in [0.15, 0.2) is 5.84 Å². The molecule has 11 nitrogen and oxygen atoms in total. The van der Waals surface area contributed by atoms with E-state index in [0.717, 1.165) is 100 Å². The first-order chi connectivity index (χ1) is 20.8. The molecule has 4 aliphatic rings. The van der Waals surface area contributed by atoms with Gasteiger partial charge in [-0.2, -0.15) is 5.26 Å². The number of fused-ring (bicyclic) bond motifs is 1. The van der Waals surface area contributed by atoms with Crippen molar-refractivity contribution < 1.29 is 4.79 Å². The highest BCUT2D eigenvalue weighted by atomic mass is 32.1. The van der Waals surface area contributed by atoms with Crippen LogP contribution in [0.5, 0.6) is 0 Å². The average molecular weight is 605 g/mol. The van der Waals surface area contributed by atoms with Crippen molar-refractivity contribution in [3.8, 4) is 6.07 Å². The molecule has 0 saturated carbocycles. The van der Waals surface area contributed by atoms with Crippen LogP contribution in [-0.4, -0.2) is 105 Å². The quantitative estimate of drug-likeness (QED) is 0.298. The molecule has 2 aromatic rings. The van der Waals surface area contributed by atoms with Gasteiger partial charge in [0.1, 0.15) is 22.6 Å². The fraction of sp³-hybridized carbons (Fsp3) is 0.613. The number of piperidine rings is 1. The minimum atomic E-state index is -0.928. The molecule has 230 valence electrons. The van der Waals surface area contributed by atoms with Gasteiger partial charge in [0.25, 0.3) is 0 Å². The van der Waals surface area contributed by atoms with Gasteiger partial charge in [0.05, 0.1) is 11.0 Å². The summed E-state index contributed by atoms with van der Waals surface area (Å²) in [5, 5.41) is 25.6. The number of aryl methyl sites for hydroxylation is 1. The van der Waals surface area contributed by atoms with E-state index < -0.39 is 5.41 Å². The smallest absolute Gasteiger partial charge is 0.236 e. The van der Waals surface area contributed by atoms with Crippen molar-refractivity contribution in [1.29, 1.82) is 10.7 Å². The second-order valence-electron chi connectivity index (χ2n) is 12.6. The number of hydrogen-bond donors (Lipinski definition) is 4. The van der Waals surface area contributed by atoms with Crippen LogP contribution in [0.3, 0.4) is 0 Å². The highest BCUT2D eigenvalue weighted by Crippen LogP contribution is 2.45. The van der Waals surface area contributed by atoms with Gasteiger partial charge in [0, 0.05) is 80.6 Å². The normalized spacial score (nSPS) is 23.9. The summed E-state index contributed by atoms with van der Waals surface area (Å²) in [4.78, 5) is 29.5. The lowest BCUT2D eigenvalue weighted by atomic mass is 9.72. The summed E-state index contributed by atoms with van der Waals surface area (Å²) in [5.41, 5.74) is 7.87. The molecular formula is C31H44N10OS. The molecule has 5 heterocycles. The number of nitrogens with two attached hydrogens (primary N) is 1. The van der Waals surface area contributed by atoms with Gasteiger partial charge in [-0.3, -0.25) is 15.1 Å². The van der Waals surface area contributed by atoms with E-state index in [2.05, 4.69) is 49.4 Å². The highest BCUT2D eigenvalue weighted by Gasteiger charge is 2.43. The third-order valence-electron chi connectivity index (χ3n) is 9.87. The zero-order valence-corrected chi connectivity index (χ0v) is 26.2. The number of aromatic nitrogens is 1. The van der Waals surface area contributed by atoms with E-state index >= 15 is 0 Å². The summed E-state index contributed by atoms with van der Waals surface area (Å²) in [6.07, 6.45) is 4.70. The molecule has 43 heavy (non-hydrogen) atoms. The van der Waals surface area contributed by atoms with Crippen molar-refractivity contribution in [1.82, 2.24) is 25.4 Å². The van der Waals surface area contributed by atoms with Crippen molar-refractivity contribution in [3.63, 3.8) is 0 Å². The van der Waals surface area contributed by atoms with Crippen molar-refractivity contribution in [2.45, 2.75) is 50.5 Å². The zero-order valence-electron chi connectivity index (χ0n) is 25.4.